The van der Waals surface area contributed by atoms with Crippen molar-refractivity contribution in [3.05, 3.63) is 34.3 Å². The summed E-state index contributed by atoms with van der Waals surface area (Å²) in [4.78, 5) is 13.7. The van der Waals surface area contributed by atoms with Crippen LogP contribution in [0.25, 0.3) is 0 Å². The summed E-state index contributed by atoms with van der Waals surface area (Å²) in [6, 6.07) is 5.42. The summed E-state index contributed by atoms with van der Waals surface area (Å²) in [6.07, 6.45) is 0.252. The number of amides is 1. The van der Waals surface area contributed by atoms with Gasteiger partial charge in [-0.3, -0.25) is 4.79 Å². The molecule has 1 saturated heterocycles. The molecule has 0 aliphatic carbocycles. The largest absolute Gasteiger partial charge is 0.391 e. The molecule has 1 aromatic carbocycles. The second-order valence-electron chi connectivity index (χ2n) is 4.13. The summed E-state index contributed by atoms with van der Waals surface area (Å²) in [7, 11) is 0. The van der Waals surface area contributed by atoms with Crippen LogP contribution < -0.4 is 0 Å². The number of aliphatic hydroxyl groups excluding tert-OH is 1. The maximum atomic E-state index is 12.1. The molecule has 1 heterocycles. The number of carbonyl (C=O) groups excluding carboxylic acids is 1. The zero-order valence-corrected chi connectivity index (χ0v) is 9.87. The SMILES string of the molecule is Cc1cccc(C(=O)N2CCC(O)C2)c1Cl. The van der Waals surface area contributed by atoms with Gasteiger partial charge < -0.3 is 10.0 Å². The monoisotopic (exact) mass is 239 g/mol. The molecular weight excluding hydrogens is 226 g/mol. The van der Waals surface area contributed by atoms with E-state index in [1.807, 2.05) is 19.1 Å². The van der Waals surface area contributed by atoms with Gasteiger partial charge in [0.05, 0.1) is 16.7 Å². The molecule has 16 heavy (non-hydrogen) atoms. The quantitative estimate of drug-likeness (QED) is 0.813. The van der Waals surface area contributed by atoms with E-state index in [0.29, 0.717) is 30.1 Å². The first-order chi connectivity index (χ1) is 7.59. The first-order valence-electron chi connectivity index (χ1n) is 5.32. The van der Waals surface area contributed by atoms with Crippen LogP contribution in [-0.4, -0.2) is 35.1 Å². The van der Waals surface area contributed by atoms with E-state index >= 15 is 0 Å². The fourth-order valence-corrected chi connectivity index (χ4v) is 2.12. The minimum absolute atomic E-state index is 0.0924. The first kappa shape index (κ1) is 11.4. The highest BCUT2D eigenvalue weighted by Gasteiger charge is 2.26. The van der Waals surface area contributed by atoms with Crippen LogP contribution >= 0.6 is 11.6 Å². The Bertz CT molecular complexity index is 419. The van der Waals surface area contributed by atoms with Crippen LogP contribution in [0.2, 0.25) is 5.02 Å². The number of nitrogens with zero attached hydrogens (tertiary/aromatic N) is 1. The Labute approximate surface area is 99.6 Å². The zero-order chi connectivity index (χ0) is 11.7. The lowest BCUT2D eigenvalue weighted by molar-refractivity contribution is 0.0765. The van der Waals surface area contributed by atoms with Crippen molar-refractivity contribution in [3.8, 4) is 0 Å². The number of hydrogen-bond acceptors (Lipinski definition) is 2. The van der Waals surface area contributed by atoms with Gasteiger partial charge in [-0.2, -0.15) is 0 Å². The number of halogens is 1. The lowest BCUT2D eigenvalue weighted by Crippen LogP contribution is -2.29. The van der Waals surface area contributed by atoms with Crippen molar-refractivity contribution in [2.45, 2.75) is 19.4 Å². The lowest BCUT2D eigenvalue weighted by atomic mass is 10.1. The molecule has 1 fully saturated rings. The molecule has 2 rings (SSSR count). The lowest BCUT2D eigenvalue weighted by Gasteiger charge is -2.16. The number of aliphatic hydroxyl groups is 1. The molecule has 1 aliphatic heterocycles. The fourth-order valence-electron chi connectivity index (χ4n) is 1.91. The van der Waals surface area contributed by atoms with Crippen LogP contribution in [0.5, 0.6) is 0 Å². The van der Waals surface area contributed by atoms with Crippen molar-refractivity contribution in [2.75, 3.05) is 13.1 Å². The number of carbonyl (C=O) groups is 1. The summed E-state index contributed by atoms with van der Waals surface area (Å²) < 4.78 is 0. The summed E-state index contributed by atoms with van der Waals surface area (Å²) in [5, 5.41) is 9.90. The number of benzene rings is 1. The Morgan fingerprint density at radius 3 is 2.94 bits per heavy atom. The van der Waals surface area contributed by atoms with Crippen molar-refractivity contribution in [1.29, 1.82) is 0 Å². The Kier molecular flexibility index (Phi) is 3.17. The maximum Gasteiger partial charge on any atom is 0.255 e. The van der Waals surface area contributed by atoms with Gasteiger partial charge in [-0.1, -0.05) is 23.7 Å². The number of rotatable bonds is 1. The average Bonchev–Trinajstić information content (AvgIpc) is 2.68. The molecule has 86 valence electrons. The molecule has 1 aromatic rings. The van der Waals surface area contributed by atoms with Gasteiger partial charge in [-0.15, -0.1) is 0 Å². The molecule has 1 N–H and O–H groups in total. The summed E-state index contributed by atoms with van der Waals surface area (Å²) in [5.41, 5.74) is 1.42. The van der Waals surface area contributed by atoms with Crippen LogP contribution in [-0.2, 0) is 0 Å². The van der Waals surface area contributed by atoms with Crippen LogP contribution in [0.1, 0.15) is 22.3 Å². The third-order valence-corrected chi connectivity index (χ3v) is 3.37. The van der Waals surface area contributed by atoms with Gasteiger partial charge in [-0.05, 0) is 25.0 Å². The second kappa shape index (κ2) is 4.44. The Morgan fingerprint density at radius 1 is 1.56 bits per heavy atom. The van der Waals surface area contributed by atoms with Gasteiger partial charge in [0, 0.05) is 13.1 Å². The van der Waals surface area contributed by atoms with Gasteiger partial charge in [0.25, 0.3) is 5.91 Å². The van der Waals surface area contributed by atoms with Crippen molar-refractivity contribution in [1.82, 2.24) is 4.90 Å². The van der Waals surface area contributed by atoms with Crippen LogP contribution in [0.3, 0.4) is 0 Å². The van der Waals surface area contributed by atoms with E-state index in [-0.39, 0.29) is 5.91 Å². The van der Waals surface area contributed by atoms with E-state index in [4.69, 9.17) is 11.6 Å². The molecule has 0 radical (unpaired) electrons. The molecule has 4 heteroatoms. The van der Waals surface area contributed by atoms with Crippen molar-refractivity contribution in [3.63, 3.8) is 0 Å². The van der Waals surface area contributed by atoms with Gasteiger partial charge in [0.15, 0.2) is 0 Å². The summed E-state index contributed by atoms with van der Waals surface area (Å²) in [5.74, 6) is -0.0924. The number of hydrogen-bond donors (Lipinski definition) is 1. The zero-order valence-electron chi connectivity index (χ0n) is 9.11. The molecule has 0 aromatic heterocycles. The molecule has 3 nitrogen and oxygen atoms in total. The van der Waals surface area contributed by atoms with Crippen molar-refractivity contribution in [2.24, 2.45) is 0 Å². The topological polar surface area (TPSA) is 40.5 Å². The van der Waals surface area contributed by atoms with Gasteiger partial charge in [0.1, 0.15) is 0 Å². The molecule has 1 aliphatic rings. The molecule has 1 atom stereocenters. The average molecular weight is 240 g/mol. The van der Waals surface area contributed by atoms with Crippen LogP contribution in [0.15, 0.2) is 18.2 Å². The predicted octanol–water partition coefficient (Wildman–Crippen LogP) is 1.86. The van der Waals surface area contributed by atoms with Gasteiger partial charge >= 0.3 is 0 Å². The normalized spacial score (nSPS) is 20.2. The predicted molar refractivity (Wildman–Crippen MR) is 62.7 cm³/mol. The van der Waals surface area contributed by atoms with Crippen molar-refractivity contribution < 1.29 is 9.90 Å². The second-order valence-corrected chi connectivity index (χ2v) is 4.51. The Morgan fingerprint density at radius 2 is 2.31 bits per heavy atom. The summed E-state index contributed by atoms with van der Waals surface area (Å²) in [6.45, 7) is 2.88. The summed E-state index contributed by atoms with van der Waals surface area (Å²) >= 11 is 6.09. The fraction of sp³-hybridized carbons (Fsp3) is 0.417. The Hall–Kier alpha value is -1.06. The number of β-amino-alcohol motifs (C(OH)–C–C–N with tert-alkyl or cyclic N) is 1. The maximum absolute atomic E-state index is 12.1. The van der Waals surface area contributed by atoms with E-state index in [9.17, 15) is 9.90 Å². The highest BCUT2D eigenvalue weighted by Crippen LogP contribution is 2.23. The Balaban J connectivity index is 2.24. The standard InChI is InChI=1S/C12H14ClNO2/c1-8-3-2-4-10(11(8)13)12(16)14-6-5-9(15)7-14/h2-4,9,15H,5-7H2,1H3. The molecular formula is C12H14ClNO2. The third kappa shape index (κ3) is 2.06. The minimum atomic E-state index is -0.396. The number of aryl methyl sites for hydroxylation is 1. The molecule has 1 unspecified atom stereocenters. The number of likely N-dealkylation sites (tertiary alicyclic amines) is 1. The van der Waals surface area contributed by atoms with E-state index in [1.165, 1.54) is 0 Å². The molecule has 0 spiro atoms. The minimum Gasteiger partial charge on any atom is -0.391 e. The highest BCUT2D eigenvalue weighted by molar-refractivity contribution is 6.34. The van der Waals surface area contributed by atoms with E-state index in [2.05, 4.69) is 0 Å². The molecule has 0 bridgehead atoms. The van der Waals surface area contributed by atoms with E-state index < -0.39 is 6.10 Å². The smallest absolute Gasteiger partial charge is 0.255 e. The first-order valence-corrected chi connectivity index (χ1v) is 5.70. The van der Waals surface area contributed by atoms with Gasteiger partial charge in [0.2, 0.25) is 0 Å². The van der Waals surface area contributed by atoms with Gasteiger partial charge in [-0.25, -0.2) is 0 Å². The molecule has 0 saturated carbocycles. The van der Waals surface area contributed by atoms with Crippen LogP contribution in [0, 0.1) is 6.92 Å². The van der Waals surface area contributed by atoms with E-state index in [1.54, 1.807) is 11.0 Å². The van der Waals surface area contributed by atoms with E-state index in [0.717, 1.165) is 5.56 Å². The molecule has 1 amide bonds. The highest BCUT2D eigenvalue weighted by atomic mass is 35.5. The third-order valence-electron chi connectivity index (χ3n) is 2.87. The van der Waals surface area contributed by atoms with Crippen molar-refractivity contribution >= 4 is 17.5 Å². The van der Waals surface area contributed by atoms with Crippen LogP contribution in [0.4, 0.5) is 0 Å².